The zero-order valence-electron chi connectivity index (χ0n) is 19.0. The summed E-state index contributed by atoms with van der Waals surface area (Å²) in [5.74, 6) is -0.326. The topological polar surface area (TPSA) is 98.1 Å². The van der Waals surface area contributed by atoms with Crippen molar-refractivity contribution in [3.05, 3.63) is 100.0 Å². The van der Waals surface area contributed by atoms with E-state index in [2.05, 4.69) is 10.3 Å². The normalized spacial score (nSPS) is 11.5. The van der Waals surface area contributed by atoms with Crippen LogP contribution in [0.15, 0.2) is 87.5 Å². The fourth-order valence-corrected chi connectivity index (χ4v) is 5.05. The highest BCUT2D eigenvalue weighted by Gasteiger charge is 2.25. The fraction of sp³-hybridized carbons (Fsp3) is 0.192. The lowest BCUT2D eigenvalue weighted by Gasteiger charge is -2.14. The molecule has 2 aromatic heterocycles. The summed E-state index contributed by atoms with van der Waals surface area (Å²) in [7, 11) is -4.10. The van der Waals surface area contributed by atoms with Gasteiger partial charge in [0.2, 0.25) is 21.2 Å². The molecule has 0 aliphatic rings. The van der Waals surface area contributed by atoms with Crippen molar-refractivity contribution in [3.8, 4) is 0 Å². The maximum atomic E-state index is 13.4. The molecule has 4 aromatic rings. The van der Waals surface area contributed by atoms with Gasteiger partial charge in [0.05, 0.1) is 10.3 Å². The van der Waals surface area contributed by atoms with Crippen molar-refractivity contribution in [2.75, 3.05) is 0 Å². The van der Waals surface area contributed by atoms with E-state index in [1.54, 1.807) is 31.2 Å². The first-order valence-corrected chi connectivity index (χ1v) is 12.4. The zero-order valence-corrected chi connectivity index (χ0v) is 19.8. The van der Waals surface area contributed by atoms with Gasteiger partial charge >= 0.3 is 0 Å². The van der Waals surface area contributed by atoms with E-state index in [1.165, 1.54) is 22.9 Å². The second-order valence-electron chi connectivity index (χ2n) is 8.04. The van der Waals surface area contributed by atoms with Gasteiger partial charge in [-0.15, -0.1) is 0 Å². The predicted octanol–water partition coefficient (Wildman–Crippen LogP) is 3.42. The van der Waals surface area contributed by atoms with Crippen LogP contribution in [0.1, 0.15) is 23.7 Å². The van der Waals surface area contributed by atoms with Gasteiger partial charge in [-0.05, 0) is 48.7 Å². The summed E-state index contributed by atoms with van der Waals surface area (Å²) in [6, 6.07) is 19.1. The largest absolute Gasteiger partial charge is 0.350 e. The Bertz CT molecular complexity index is 1510. The van der Waals surface area contributed by atoms with E-state index in [4.69, 9.17) is 0 Å². The van der Waals surface area contributed by atoms with Gasteiger partial charge in [-0.3, -0.25) is 9.59 Å². The van der Waals surface area contributed by atoms with Crippen LogP contribution in [0.25, 0.3) is 11.0 Å². The number of nitrogens with one attached hydrogen (secondary N) is 1. The Kier molecular flexibility index (Phi) is 6.61. The molecular formula is C26H25N3O4S. The summed E-state index contributed by atoms with van der Waals surface area (Å²) < 4.78 is 28.2. The van der Waals surface area contributed by atoms with E-state index in [9.17, 15) is 18.0 Å². The van der Waals surface area contributed by atoms with Gasteiger partial charge in [0.1, 0.15) is 17.1 Å². The summed E-state index contributed by atoms with van der Waals surface area (Å²) in [6.45, 7) is 3.89. The molecule has 0 spiro atoms. The summed E-state index contributed by atoms with van der Waals surface area (Å²) in [6.07, 6.45) is 1.99. The van der Waals surface area contributed by atoms with Crippen molar-refractivity contribution in [2.45, 2.75) is 43.1 Å². The van der Waals surface area contributed by atoms with Crippen molar-refractivity contribution >= 4 is 26.8 Å². The third-order valence-electron chi connectivity index (χ3n) is 5.61. The van der Waals surface area contributed by atoms with Gasteiger partial charge < -0.3 is 9.88 Å². The van der Waals surface area contributed by atoms with Crippen LogP contribution in [-0.4, -0.2) is 23.9 Å². The number of fused-ring (bicyclic) bond motifs is 1. The van der Waals surface area contributed by atoms with Gasteiger partial charge in [0, 0.05) is 18.4 Å². The molecule has 1 amide bonds. The molecule has 0 saturated carbocycles. The lowest BCUT2D eigenvalue weighted by molar-refractivity contribution is -0.121. The summed E-state index contributed by atoms with van der Waals surface area (Å²) >= 11 is 0. The minimum Gasteiger partial charge on any atom is -0.350 e. The molecule has 4 rings (SSSR count). The Morgan fingerprint density at radius 2 is 1.68 bits per heavy atom. The molecule has 7 nitrogen and oxygen atoms in total. The molecule has 0 fully saturated rings. The number of nitrogens with zero attached hydrogens (tertiary/aromatic N) is 2. The predicted molar refractivity (Wildman–Crippen MR) is 130 cm³/mol. The van der Waals surface area contributed by atoms with Crippen LogP contribution in [-0.2, 0) is 34.1 Å². The first-order chi connectivity index (χ1) is 16.3. The van der Waals surface area contributed by atoms with Crippen LogP contribution in [0.5, 0.6) is 0 Å². The molecule has 0 aliphatic heterocycles. The van der Waals surface area contributed by atoms with Gasteiger partial charge in [0.15, 0.2) is 0 Å². The number of rotatable bonds is 7. The minimum atomic E-state index is -4.10. The number of carbonyl (C=O) groups is 1. The van der Waals surface area contributed by atoms with Crippen LogP contribution in [0.2, 0.25) is 0 Å². The second-order valence-corrected chi connectivity index (χ2v) is 9.96. The first-order valence-electron chi connectivity index (χ1n) is 10.9. The number of hydrogen-bond donors (Lipinski definition) is 1. The lowest BCUT2D eigenvalue weighted by atomic mass is 10.2. The molecular weight excluding hydrogens is 450 g/mol. The number of aromatic nitrogens is 2. The van der Waals surface area contributed by atoms with E-state index in [1.807, 2.05) is 37.3 Å². The van der Waals surface area contributed by atoms with Crippen molar-refractivity contribution in [1.29, 1.82) is 0 Å². The Morgan fingerprint density at radius 3 is 2.35 bits per heavy atom. The van der Waals surface area contributed by atoms with Gasteiger partial charge in [-0.25, -0.2) is 13.4 Å². The Morgan fingerprint density at radius 1 is 0.971 bits per heavy atom. The van der Waals surface area contributed by atoms with E-state index in [0.717, 1.165) is 17.5 Å². The highest BCUT2D eigenvalue weighted by Crippen LogP contribution is 2.21. The third kappa shape index (κ3) is 4.77. The number of sulfone groups is 1. The van der Waals surface area contributed by atoms with Crippen molar-refractivity contribution in [2.24, 2.45) is 0 Å². The number of aryl methyl sites for hydroxylation is 2. The Balaban J connectivity index is 1.75. The van der Waals surface area contributed by atoms with E-state index in [-0.39, 0.29) is 33.3 Å². The van der Waals surface area contributed by atoms with Gasteiger partial charge in [-0.2, -0.15) is 0 Å². The van der Waals surface area contributed by atoms with E-state index >= 15 is 0 Å². The van der Waals surface area contributed by atoms with Gasteiger partial charge in [0.25, 0.3) is 0 Å². The molecule has 34 heavy (non-hydrogen) atoms. The quantitative estimate of drug-likeness (QED) is 0.442. The molecule has 0 radical (unpaired) electrons. The second kappa shape index (κ2) is 9.61. The minimum absolute atomic E-state index is 0.0290. The SMILES string of the molecule is CCc1ccc(S(=O)(=O)c2cn(CC(=O)NCc3ccccc3)c3nc(C)ccc3c2=O)cc1. The van der Waals surface area contributed by atoms with E-state index in [0.29, 0.717) is 12.2 Å². The van der Waals surface area contributed by atoms with Crippen molar-refractivity contribution in [3.63, 3.8) is 0 Å². The number of benzene rings is 2. The highest BCUT2D eigenvalue weighted by atomic mass is 32.2. The maximum absolute atomic E-state index is 13.4. The highest BCUT2D eigenvalue weighted by molar-refractivity contribution is 7.91. The molecule has 174 valence electrons. The number of carbonyl (C=O) groups excluding carboxylic acids is 1. The first kappa shape index (κ1) is 23.4. The smallest absolute Gasteiger partial charge is 0.240 e. The number of pyridine rings is 2. The standard InChI is InChI=1S/C26H25N3O4S/c1-3-19-10-12-21(13-11-19)34(32,33)23-16-29(26-22(25(23)31)14-9-18(2)28-26)17-24(30)27-15-20-7-5-4-6-8-20/h4-14,16H,3,15,17H2,1-2H3,(H,27,30). The van der Waals surface area contributed by atoms with Crippen LogP contribution in [0, 0.1) is 6.92 Å². The molecule has 0 saturated heterocycles. The van der Waals surface area contributed by atoms with Crippen LogP contribution >= 0.6 is 0 Å². The fourth-order valence-electron chi connectivity index (χ4n) is 3.68. The molecule has 0 aliphatic carbocycles. The van der Waals surface area contributed by atoms with E-state index < -0.39 is 15.3 Å². The molecule has 2 aromatic carbocycles. The average Bonchev–Trinajstić information content (AvgIpc) is 2.85. The maximum Gasteiger partial charge on any atom is 0.240 e. The molecule has 8 heteroatoms. The van der Waals surface area contributed by atoms with Crippen molar-refractivity contribution in [1.82, 2.24) is 14.9 Å². The zero-order chi connectivity index (χ0) is 24.3. The van der Waals surface area contributed by atoms with Crippen LogP contribution in [0.3, 0.4) is 0 Å². The number of amides is 1. The molecule has 1 N–H and O–H groups in total. The van der Waals surface area contributed by atoms with Gasteiger partial charge in [-0.1, -0.05) is 49.4 Å². The molecule has 0 bridgehead atoms. The lowest BCUT2D eigenvalue weighted by Crippen LogP contribution is -2.29. The van der Waals surface area contributed by atoms with Crippen LogP contribution in [0.4, 0.5) is 0 Å². The molecule has 0 atom stereocenters. The summed E-state index contributed by atoms with van der Waals surface area (Å²) in [5.41, 5.74) is 2.21. The van der Waals surface area contributed by atoms with Crippen molar-refractivity contribution < 1.29 is 13.2 Å². The molecule has 0 unspecified atom stereocenters. The number of hydrogen-bond acceptors (Lipinski definition) is 5. The third-order valence-corrected chi connectivity index (χ3v) is 7.37. The monoisotopic (exact) mass is 475 g/mol. The molecule has 2 heterocycles. The summed E-state index contributed by atoms with van der Waals surface area (Å²) in [4.78, 5) is 30.0. The summed E-state index contributed by atoms with van der Waals surface area (Å²) in [5, 5.41) is 2.97. The van der Waals surface area contributed by atoms with Crippen LogP contribution < -0.4 is 10.7 Å². The Labute approximate surface area is 198 Å². The Hall–Kier alpha value is -3.78. The average molecular weight is 476 g/mol.